The summed E-state index contributed by atoms with van der Waals surface area (Å²) < 4.78 is 5.58. The summed E-state index contributed by atoms with van der Waals surface area (Å²) in [4.78, 5) is 14.4. The van der Waals surface area contributed by atoms with Crippen molar-refractivity contribution >= 4 is 23.4 Å². The standard InChI is InChI=1S/C16H17N3O2S/c20-14(10-22-16-18-17-15(21-16)12-7-8-12)19-9-3-5-11-4-1-2-6-13(11)19/h1-2,4,6,12H,3,5,7-10H2. The molecule has 1 aromatic carbocycles. The summed E-state index contributed by atoms with van der Waals surface area (Å²) in [5, 5.41) is 8.56. The molecule has 1 fully saturated rings. The predicted molar refractivity (Wildman–Crippen MR) is 84.1 cm³/mol. The Labute approximate surface area is 133 Å². The highest BCUT2D eigenvalue weighted by Gasteiger charge is 2.29. The van der Waals surface area contributed by atoms with Crippen molar-refractivity contribution < 1.29 is 9.21 Å². The second-order valence-corrected chi connectivity index (χ2v) is 6.67. The zero-order chi connectivity index (χ0) is 14.9. The molecular weight excluding hydrogens is 298 g/mol. The lowest BCUT2D eigenvalue weighted by atomic mass is 10.0. The monoisotopic (exact) mass is 315 g/mol. The van der Waals surface area contributed by atoms with Crippen LogP contribution in [0, 0.1) is 0 Å². The van der Waals surface area contributed by atoms with Gasteiger partial charge in [0.2, 0.25) is 11.8 Å². The van der Waals surface area contributed by atoms with Crippen molar-refractivity contribution in [2.45, 2.75) is 36.8 Å². The van der Waals surface area contributed by atoms with Crippen molar-refractivity contribution in [3.8, 4) is 0 Å². The summed E-state index contributed by atoms with van der Waals surface area (Å²) in [7, 11) is 0. The van der Waals surface area contributed by atoms with Crippen LogP contribution in [0.1, 0.15) is 36.6 Å². The zero-order valence-corrected chi connectivity index (χ0v) is 13.0. The number of carbonyl (C=O) groups excluding carboxylic acids is 1. The second kappa shape index (κ2) is 5.76. The molecule has 2 aromatic rings. The van der Waals surface area contributed by atoms with Crippen molar-refractivity contribution in [3.63, 3.8) is 0 Å². The van der Waals surface area contributed by atoms with Crippen molar-refractivity contribution in [2.24, 2.45) is 0 Å². The molecule has 4 rings (SSSR count). The predicted octanol–water partition coefficient (Wildman–Crippen LogP) is 3.02. The molecule has 22 heavy (non-hydrogen) atoms. The highest BCUT2D eigenvalue weighted by Crippen LogP contribution is 2.39. The number of thioether (sulfide) groups is 1. The Bertz CT molecular complexity index is 696. The summed E-state index contributed by atoms with van der Waals surface area (Å²) in [6.45, 7) is 0.785. The van der Waals surface area contributed by atoms with Gasteiger partial charge < -0.3 is 9.32 Å². The van der Waals surface area contributed by atoms with Gasteiger partial charge in [0.1, 0.15) is 0 Å². The smallest absolute Gasteiger partial charge is 0.277 e. The van der Waals surface area contributed by atoms with Crippen LogP contribution in [0.4, 0.5) is 5.69 Å². The van der Waals surface area contributed by atoms with Crippen molar-refractivity contribution in [2.75, 3.05) is 17.2 Å². The molecule has 114 valence electrons. The quantitative estimate of drug-likeness (QED) is 0.812. The van der Waals surface area contributed by atoms with Crippen LogP contribution in [0.2, 0.25) is 0 Å². The molecule has 1 aliphatic carbocycles. The number of hydrogen-bond acceptors (Lipinski definition) is 5. The average molecular weight is 315 g/mol. The number of fused-ring (bicyclic) bond motifs is 1. The topological polar surface area (TPSA) is 59.2 Å². The summed E-state index contributed by atoms with van der Waals surface area (Å²) in [6.07, 6.45) is 4.33. The molecule has 2 aliphatic rings. The molecule has 0 N–H and O–H groups in total. The number of nitrogens with zero attached hydrogens (tertiary/aromatic N) is 3. The van der Waals surface area contributed by atoms with Gasteiger partial charge in [-0.05, 0) is 37.3 Å². The van der Waals surface area contributed by atoms with Gasteiger partial charge in [0.25, 0.3) is 5.22 Å². The summed E-state index contributed by atoms with van der Waals surface area (Å²) in [6, 6.07) is 8.13. The Morgan fingerprint density at radius 1 is 1.32 bits per heavy atom. The third-order valence-corrected chi connectivity index (χ3v) is 4.88. The van der Waals surface area contributed by atoms with Gasteiger partial charge in [-0.1, -0.05) is 30.0 Å². The largest absolute Gasteiger partial charge is 0.416 e. The maximum Gasteiger partial charge on any atom is 0.277 e. The van der Waals surface area contributed by atoms with Gasteiger partial charge in [-0.3, -0.25) is 4.79 Å². The fourth-order valence-electron chi connectivity index (χ4n) is 2.77. The third-order valence-electron chi connectivity index (χ3n) is 4.08. The van der Waals surface area contributed by atoms with Gasteiger partial charge in [0.05, 0.1) is 5.75 Å². The number of aryl methyl sites for hydroxylation is 1. The molecule has 6 heteroatoms. The molecule has 1 aromatic heterocycles. The molecule has 1 aliphatic heterocycles. The van der Waals surface area contributed by atoms with E-state index in [1.54, 1.807) is 0 Å². The summed E-state index contributed by atoms with van der Waals surface area (Å²) in [5.74, 6) is 1.61. The van der Waals surface area contributed by atoms with E-state index in [0.29, 0.717) is 16.9 Å². The first-order valence-corrected chi connectivity index (χ1v) is 8.64. The Kier molecular flexibility index (Phi) is 3.62. The van der Waals surface area contributed by atoms with E-state index in [-0.39, 0.29) is 5.91 Å². The van der Waals surface area contributed by atoms with Gasteiger partial charge in [0, 0.05) is 18.2 Å². The van der Waals surface area contributed by atoms with Gasteiger partial charge in [-0.25, -0.2) is 0 Å². The van der Waals surface area contributed by atoms with E-state index < -0.39 is 0 Å². The van der Waals surface area contributed by atoms with Gasteiger partial charge in [-0.2, -0.15) is 0 Å². The molecule has 0 spiro atoms. The second-order valence-electron chi connectivity index (χ2n) is 5.75. The summed E-state index contributed by atoms with van der Waals surface area (Å²) in [5.41, 5.74) is 2.30. The van der Waals surface area contributed by atoms with Crippen LogP contribution in [0.15, 0.2) is 33.9 Å². The van der Waals surface area contributed by atoms with E-state index in [1.165, 1.54) is 17.3 Å². The lowest BCUT2D eigenvalue weighted by Crippen LogP contribution is -2.36. The molecule has 0 radical (unpaired) electrons. The Morgan fingerprint density at radius 2 is 2.18 bits per heavy atom. The van der Waals surface area contributed by atoms with E-state index in [2.05, 4.69) is 16.3 Å². The number of benzene rings is 1. The number of amides is 1. The minimum Gasteiger partial charge on any atom is -0.416 e. The first kappa shape index (κ1) is 13.8. The highest BCUT2D eigenvalue weighted by molar-refractivity contribution is 7.99. The first-order valence-electron chi connectivity index (χ1n) is 7.66. The van der Waals surface area contributed by atoms with Crippen molar-refractivity contribution in [1.82, 2.24) is 10.2 Å². The van der Waals surface area contributed by atoms with Crippen molar-refractivity contribution in [3.05, 3.63) is 35.7 Å². The van der Waals surface area contributed by atoms with Crippen molar-refractivity contribution in [1.29, 1.82) is 0 Å². The van der Waals surface area contributed by atoms with E-state index in [9.17, 15) is 4.79 Å². The van der Waals surface area contributed by atoms with Crippen LogP contribution in [0.3, 0.4) is 0 Å². The van der Waals surface area contributed by atoms with Gasteiger partial charge in [-0.15, -0.1) is 10.2 Å². The Hall–Kier alpha value is -1.82. The number of anilines is 1. The van der Waals surface area contributed by atoms with E-state index in [1.807, 2.05) is 23.1 Å². The van der Waals surface area contributed by atoms with Crippen LogP contribution in [-0.2, 0) is 11.2 Å². The first-order chi connectivity index (χ1) is 10.8. The fraction of sp³-hybridized carbons (Fsp3) is 0.438. The lowest BCUT2D eigenvalue weighted by Gasteiger charge is -2.29. The van der Waals surface area contributed by atoms with Crippen LogP contribution in [-0.4, -0.2) is 28.4 Å². The zero-order valence-electron chi connectivity index (χ0n) is 12.2. The SMILES string of the molecule is O=C(CSc1nnc(C2CC2)o1)N1CCCc2ccccc21. The maximum absolute atomic E-state index is 12.5. The molecule has 5 nitrogen and oxygen atoms in total. The normalized spacial score (nSPS) is 17.4. The Balaban J connectivity index is 1.41. The van der Waals surface area contributed by atoms with Gasteiger partial charge in [0.15, 0.2) is 0 Å². The molecule has 0 saturated heterocycles. The van der Waals surface area contributed by atoms with E-state index in [4.69, 9.17) is 4.42 Å². The highest BCUT2D eigenvalue weighted by atomic mass is 32.2. The molecular formula is C16H17N3O2S. The minimum absolute atomic E-state index is 0.100. The van der Waals surface area contributed by atoms with E-state index in [0.717, 1.165) is 43.8 Å². The number of carbonyl (C=O) groups is 1. The number of rotatable bonds is 4. The third kappa shape index (κ3) is 2.75. The van der Waals surface area contributed by atoms with Crippen LogP contribution >= 0.6 is 11.8 Å². The van der Waals surface area contributed by atoms with Crippen LogP contribution in [0.5, 0.6) is 0 Å². The molecule has 1 saturated carbocycles. The maximum atomic E-state index is 12.5. The van der Waals surface area contributed by atoms with Crippen LogP contribution in [0.25, 0.3) is 0 Å². The lowest BCUT2D eigenvalue weighted by molar-refractivity contribution is -0.116. The molecule has 0 bridgehead atoms. The summed E-state index contributed by atoms with van der Waals surface area (Å²) >= 11 is 1.33. The number of aromatic nitrogens is 2. The van der Waals surface area contributed by atoms with Gasteiger partial charge >= 0.3 is 0 Å². The molecule has 0 unspecified atom stereocenters. The number of hydrogen-bond donors (Lipinski definition) is 0. The minimum atomic E-state index is 0.100. The van der Waals surface area contributed by atoms with Crippen LogP contribution < -0.4 is 4.90 Å². The fourth-order valence-corrected chi connectivity index (χ4v) is 3.41. The Morgan fingerprint density at radius 3 is 3.05 bits per heavy atom. The van der Waals surface area contributed by atoms with E-state index >= 15 is 0 Å². The molecule has 0 atom stereocenters. The average Bonchev–Trinajstić information content (AvgIpc) is 3.31. The molecule has 1 amide bonds. The molecule has 2 heterocycles. The number of para-hydroxylation sites is 1.